The van der Waals surface area contributed by atoms with Crippen LogP contribution in [0.3, 0.4) is 0 Å². The molecule has 0 fully saturated rings. The quantitative estimate of drug-likeness (QED) is 0.417. The Hall–Kier alpha value is -1.00. The predicted molar refractivity (Wildman–Crippen MR) is 64.9 cm³/mol. The molecule has 1 unspecified atom stereocenters. The molecular weight excluding hydrogens is 224 g/mol. The van der Waals surface area contributed by atoms with E-state index < -0.39 is 0 Å². The summed E-state index contributed by atoms with van der Waals surface area (Å²) in [6, 6.07) is 7.74. The van der Waals surface area contributed by atoms with Gasteiger partial charge < -0.3 is 14.3 Å². The predicted octanol–water partition coefficient (Wildman–Crippen LogP) is 2.60. The molecule has 0 N–H and O–H groups in total. The number of thioether (sulfide) groups is 1. The van der Waals surface area contributed by atoms with E-state index in [-0.39, 0.29) is 12.7 Å². The lowest BCUT2D eigenvalue weighted by Gasteiger charge is -2.10. The number of hydrogen-bond donors (Lipinski definition) is 0. The Kier molecular flexibility index (Phi) is 5.96. The molecule has 1 aromatic rings. The summed E-state index contributed by atoms with van der Waals surface area (Å²) in [6.07, 6.45) is 0.964. The van der Waals surface area contributed by atoms with Gasteiger partial charge in [0.1, 0.15) is 12.0 Å². The zero-order chi connectivity index (χ0) is 11.8. The van der Waals surface area contributed by atoms with Crippen molar-refractivity contribution in [2.45, 2.75) is 11.8 Å². The van der Waals surface area contributed by atoms with E-state index in [0.29, 0.717) is 0 Å². The molecule has 0 saturated heterocycles. The van der Waals surface area contributed by atoms with Gasteiger partial charge in [0.15, 0.2) is 6.79 Å². The molecule has 1 aromatic carbocycles. The van der Waals surface area contributed by atoms with E-state index in [1.807, 2.05) is 31.2 Å². The van der Waals surface area contributed by atoms with Crippen LogP contribution in [-0.2, 0) is 9.53 Å². The first kappa shape index (κ1) is 13.1. The van der Waals surface area contributed by atoms with E-state index in [9.17, 15) is 4.79 Å². The van der Waals surface area contributed by atoms with Crippen LogP contribution < -0.4 is 4.74 Å². The van der Waals surface area contributed by atoms with Gasteiger partial charge in [-0.05, 0) is 12.1 Å². The van der Waals surface area contributed by atoms with Gasteiger partial charge in [-0.15, -0.1) is 11.8 Å². The SMILES string of the molecule is COCOc1ccccc1SCC(C)C=O. The fourth-order valence-electron chi connectivity index (χ4n) is 1.07. The zero-order valence-electron chi connectivity index (χ0n) is 9.51. The lowest BCUT2D eigenvalue weighted by molar-refractivity contribution is -0.110. The van der Waals surface area contributed by atoms with Crippen molar-refractivity contribution in [2.24, 2.45) is 5.92 Å². The van der Waals surface area contributed by atoms with Crippen LogP contribution in [0, 0.1) is 5.92 Å². The summed E-state index contributed by atoms with van der Waals surface area (Å²) in [7, 11) is 1.59. The molecular formula is C12H16O3S. The molecule has 1 atom stereocenters. The van der Waals surface area contributed by atoms with Crippen LogP contribution in [0.4, 0.5) is 0 Å². The molecule has 0 bridgehead atoms. The van der Waals surface area contributed by atoms with Crippen molar-refractivity contribution in [3.05, 3.63) is 24.3 Å². The number of methoxy groups -OCH3 is 1. The van der Waals surface area contributed by atoms with Crippen LogP contribution in [0.1, 0.15) is 6.92 Å². The monoisotopic (exact) mass is 240 g/mol. The van der Waals surface area contributed by atoms with Crippen molar-refractivity contribution in [3.8, 4) is 5.75 Å². The second kappa shape index (κ2) is 7.30. The summed E-state index contributed by atoms with van der Waals surface area (Å²) >= 11 is 1.62. The molecule has 1 rings (SSSR count). The Morgan fingerprint density at radius 3 is 2.88 bits per heavy atom. The smallest absolute Gasteiger partial charge is 0.188 e. The number of ether oxygens (including phenoxy) is 2. The first-order chi connectivity index (χ1) is 7.77. The topological polar surface area (TPSA) is 35.5 Å². The maximum atomic E-state index is 10.5. The molecule has 0 spiro atoms. The Labute approximate surface area is 100 Å². The summed E-state index contributed by atoms with van der Waals surface area (Å²) in [5, 5.41) is 0. The molecule has 0 saturated carbocycles. The summed E-state index contributed by atoms with van der Waals surface area (Å²) in [5.41, 5.74) is 0. The fourth-order valence-corrected chi connectivity index (χ4v) is 2.04. The van der Waals surface area contributed by atoms with Crippen molar-refractivity contribution >= 4 is 18.0 Å². The summed E-state index contributed by atoms with van der Waals surface area (Å²) in [6.45, 7) is 2.14. The minimum absolute atomic E-state index is 0.0560. The van der Waals surface area contributed by atoms with Crippen molar-refractivity contribution < 1.29 is 14.3 Å². The molecule has 4 heteroatoms. The van der Waals surface area contributed by atoms with Crippen molar-refractivity contribution in [2.75, 3.05) is 19.7 Å². The van der Waals surface area contributed by atoms with Crippen LogP contribution in [0.15, 0.2) is 29.2 Å². The Morgan fingerprint density at radius 2 is 2.19 bits per heavy atom. The highest BCUT2D eigenvalue weighted by molar-refractivity contribution is 7.99. The molecule has 0 amide bonds. The Bertz CT molecular complexity index is 328. The molecule has 0 aromatic heterocycles. The van der Waals surface area contributed by atoms with Gasteiger partial charge >= 0.3 is 0 Å². The number of benzene rings is 1. The zero-order valence-corrected chi connectivity index (χ0v) is 10.3. The summed E-state index contributed by atoms with van der Waals surface area (Å²) < 4.78 is 10.3. The minimum atomic E-state index is 0.0560. The third-order valence-electron chi connectivity index (χ3n) is 1.92. The van der Waals surface area contributed by atoms with Crippen LogP contribution >= 0.6 is 11.8 Å². The molecule has 16 heavy (non-hydrogen) atoms. The van der Waals surface area contributed by atoms with Gasteiger partial charge in [-0.1, -0.05) is 19.1 Å². The molecule has 0 aliphatic carbocycles. The average molecular weight is 240 g/mol. The van der Waals surface area contributed by atoms with E-state index in [1.165, 1.54) is 0 Å². The van der Waals surface area contributed by atoms with E-state index in [4.69, 9.17) is 9.47 Å². The first-order valence-electron chi connectivity index (χ1n) is 5.06. The van der Waals surface area contributed by atoms with Gasteiger partial charge in [0.2, 0.25) is 0 Å². The van der Waals surface area contributed by atoms with Crippen molar-refractivity contribution in [1.29, 1.82) is 0 Å². The second-order valence-corrected chi connectivity index (χ2v) is 4.48. The number of carbonyl (C=O) groups excluding carboxylic acids is 1. The van der Waals surface area contributed by atoms with Gasteiger partial charge in [0.05, 0.1) is 0 Å². The average Bonchev–Trinajstić information content (AvgIpc) is 2.34. The third-order valence-corrected chi connectivity index (χ3v) is 3.26. The maximum Gasteiger partial charge on any atom is 0.188 e. The van der Waals surface area contributed by atoms with Gasteiger partial charge in [-0.2, -0.15) is 0 Å². The van der Waals surface area contributed by atoms with E-state index in [2.05, 4.69) is 0 Å². The number of para-hydroxylation sites is 1. The third kappa shape index (κ3) is 4.24. The van der Waals surface area contributed by atoms with Gasteiger partial charge in [-0.25, -0.2) is 0 Å². The first-order valence-corrected chi connectivity index (χ1v) is 6.05. The molecule has 0 aliphatic heterocycles. The lowest BCUT2D eigenvalue weighted by atomic mass is 10.3. The molecule has 88 valence electrons. The number of rotatable bonds is 7. The lowest BCUT2D eigenvalue weighted by Crippen LogP contribution is -2.01. The van der Waals surface area contributed by atoms with Crippen LogP contribution in [-0.4, -0.2) is 25.9 Å². The van der Waals surface area contributed by atoms with Gasteiger partial charge in [-0.3, -0.25) is 0 Å². The highest BCUT2D eigenvalue weighted by Gasteiger charge is 2.06. The van der Waals surface area contributed by atoms with E-state index >= 15 is 0 Å². The summed E-state index contributed by atoms with van der Waals surface area (Å²) in [5.74, 6) is 1.62. The van der Waals surface area contributed by atoms with E-state index in [1.54, 1.807) is 18.9 Å². The second-order valence-electron chi connectivity index (χ2n) is 3.42. The standard InChI is InChI=1S/C12H16O3S/c1-10(7-13)8-16-12-6-4-3-5-11(12)15-9-14-2/h3-7,10H,8-9H2,1-2H3. The van der Waals surface area contributed by atoms with Gasteiger partial charge in [0, 0.05) is 23.7 Å². The molecule has 3 nitrogen and oxygen atoms in total. The molecule has 0 aliphatic rings. The largest absolute Gasteiger partial charge is 0.466 e. The molecule has 0 radical (unpaired) electrons. The highest BCUT2D eigenvalue weighted by atomic mass is 32.2. The Morgan fingerprint density at radius 1 is 1.44 bits per heavy atom. The number of aldehydes is 1. The van der Waals surface area contributed by atoms with Crippen molar-refractivity contribution in [1.82, 2.24) is 0 Å². The maximum absolute atomic E-state index is 10.5. The number of carbonyl (C=O) groups is 1. The Balaban J connectivity index is 2.59. The van der Waals surface area contributed by atoms with Crippen LogP contribution in [0.2, 0.25) is 0 Å². The fraction of sp³-hybridized carbons (Fsp3) is 0.417. The van der Waals surface area contributed by atoms with Crippen LogP contribution in [0.25, 0.3) is 0 Å². The van der Waals surface area contributed by atoms with Crippen molar-refractivity contribution in [3.63, 3.8) is 0 Å². The normalized spacial score (nSPS) is 12.1. The van der Waals surface area contributed by atoms with E-state index in [0.717, 1.165) is 22.7 Å². The summed E-state index contributed by atoms with van der Waals surface area (Å²) in [4.78, 5) is 11.6. The van der Waals surface area contributed by atoms with Crippen LogP contribution in [0.5, 0.6) is 5.75 Å². The number of hydrogen-bond acceptors (Lipinski definition) is 4. The minimum Gasteiger partial charge on any atom is -0.466 e. The highest BCUT2D eigenvalue weighted by Crippen LogP contribution is 2.29. The van der Waals surface area contributed by atoms with Gasteiger partial charge in [0.25, 0.3) is 0 Å². The molecule has 0 heterocycles.